The molecule has 0 unspecified atom stereocenters. The van der Waals surface area contributed by atoms with Gasteiger partial charge < -0.3 is 19.6 Å². The van der Waals surface area contributed by atoms with E-state index in [1.165, 1.54) is 55.9 Å². The maximum Gasteiger partial charge on any atom is 0.201 e. The molecule has 224 valence electrons. The Kier molecular flexibility index (Phi) is 5.55. The molecule has 2 aliphatic carbocycles. The Balaban J connectivity index is 1.21. The van der Waals surface area contributed by atoms with Crippen molar-refractivity contribution in [2.24, 2.45) is 9.98 Å². The van der Waals surface area contributed by atoms with Crippen LogP contribution in [-0.2, 0) is 5.41 Å². The van der Waals surface area contributed by atoms with Gasteiger partial charge in [0.15, 0.2) is 0 Å². The topological polar surface area (TPSA) is 37.7 Å². The van der Waals surface area contributed by atoms with Gasteiger partial charge >= 0.3 is 0 Å². The second kappa shape index (κ2) is 9.71. The number of rotatable bonds is 2. The van der Waals surface area contributed by atoms with Crippen molar-refractivity contribution in [3.63, 3.8) is 0 Å². The van der Waals surface area contributed by atoms with Gasteiger partial charge in [-0.15, -0.1) is 0 Å². The summed E-state index contributed by atoms with van der Waals surface area (Å²) < 4.78 is 0. The first-order valence-corrected chi connectivity index (χ1v) is 16.9. The minimum atomic E-state index is -0.377. The number of guanidine groups is 2. The molecule has 0 aromatic heterocycles. The van der Waals surface area contributed by atoms with Gasteiger partial charge in [0.05, 0.1) is 5.41 Å². The molecule has 0 atom stereocenters. The van der Waals surface area contributed by atoms with Crippen molar-refractivity contribution in [2.75, 3.05) is 62.2 Å². The van der Waals surface area contributed by atoms with Gasteiger partial charge in [-0.25, -0.2) is 0 Å². The number of hydrogen-bond acceptors (Lipinski definition) is 6. The highest BCUT2D eigenvalue weighted by atomic mass is 15.4. The van der Waals surface area contributed by atoms with E-state index in [9.17, 15) is 0 Å². The van der Waals surface area contributed by atoms with Gasteiger partial charge in [-0.3, -0.25) is 9.98 Å². The molecule has 4 aromatic carbocycles. The zero-order chi connectivity index (χ0) is 29.5. The van der Waals surface area contributed by atoms with E-state index in [0.29, 0.717) is 0 Å². The van der Waals surface area contributed by atoms with Crippen LogP contribution >= 0.6 is 0 Å². The van der Waals surface area contributed by atoms with E-state index >= 15 is 0 Å². The molecule has 6 aliphatic rings. The van der Waals surface area contributed by atoms with Crippen LogP contribution in [0.5, 0.6) is 0 Å². The predicted octanol–water partition coefficient (Wildman–Crippen LogP) is 6.57. The predicted molar refractivity (Wildman–Crippen MR) is 184 cm³/mol. The average molecular weight is 591 g/mol. The highest BCUT2D eigenvalue weighted by molar-refractivity contribution is 6.02. The molecule has 6 heteroatoms. The van der Waals surface area contributed by atoms with Crippen LogP contribution in [-0.4, -0.2) is 74.1 Å². The lowest BCUT2D eigenvalue weighted by molar-refractivity contribution is 0.360. The van der Waals surface area contributed by atoms with Crippen LogP contribution in [0.2, 0.25) is 0 Å². The molecule has 4 aromatic rings. The van der Waals surface area contributed by atoms with Crippen molar-refractivity contribution in [2.45, 2.75) is 31.1 Å². The highest BCUT2D eigenvalue weighted by Crippen LogP contribution is 2.63. The summed E-state index contributed by atoms with van der Waals surface area (Å²) in [6.07, 6.45) is 4.62. The monoisotopic (exact) mass is 590 g/mol. The largest absolute Gasteiger partial charge is 0.342 e. The molecule has 0 saturated carbocycles. The summed E-state index contributed by atoms with van der Waals surface area (Å²) in [5.74, 6) is 2.32. The van der Waals surface area contributed by atoms with Gasteiger partial charge in [-0.05, 0) is 94.5 Å². The van der Waals surface area contributed by atoms with Gasteiger partial charge in [0.25, 0.3) is 0 Å². The molecule has 10 rings (SSSR count). The summed E-state index contributed by atoms with van der Waals surface area (Å²) in [6.45, 7) is 8.31. The molecule has 0 bridgehead atoms. The van der Waals surface area contributed by atoms with Crippen molar-refractivity contribution in [1.29, 1.82) is 0 Å². The summed E-state index contributed by atoms with van der Waals surface area (Å²) in [5.41, 5.74) is 13.1. The van der Waals surface area contributed by atoms with E-state index in [1.807, 2.05) is 0 Å². The molecule has 45 heavy (non-hydrogen) atoms. The fraction of sp³-hybridized carbons (Fsp3) is 0.333. The van der Waals surface area contributed by atoms with Gasteiger partial charge in [0, 0.05) is 63.7 Å². The Labute approximate surface area is 265 Å². The van der Waals surface area contributed by atoms with Crippen LogP contribution in [0.15, 0.2) is 94.9 Å². The number of aliphatic imine (C=N–C) groups is 2. The van der Waals surface area contributed by atoms with Crippen molar-refractivity contribution in [1.82, 2.24) is 9.80 Å². The zero-order valence-corrected chi connectivity index (χ0v) is 25.8. The molecule has 2 saturated heterocycles. The van der Waals surface area contributed by atoms with Crippen molar-refractivity contribution >= 4 is 23.3 Å². The number of hydrogen-bond donors (Lipinski definition) is 0. The molecule has 0 N–H and O–H groups in total. The normalized spacial score (nSPS) is 20.5. The van der Waals surface area contributed by atoms with Gasteiger partial charge in [0.2, 0.25) is 11.9 Å². The molecular weight excluding hydrogens is 552 g/mol. The van der Waals surface area contributed by atoms with E-state index in [-0.39, 0.29) is 5.41 Å². The lowest BCUT2D eigenvalue weighted by Gasteiger charge is -2.41. The van der Waals surface area contributed by atoms with Crippen LogP contribution in [0.1, 0.15) is 47.9 Å². The van der Waals surface area contributed by atoms with Crippen LogP contribution < -0.4 is 9.80 Å². The Hall–Kier alpha value is -4.58. The summed E-state index contributed by atoms with van der Waals surface area (Å²) in [4.78, 5) is 20.1. The first-order chi connectivity index (χ1) is 22.3. The molecule has 6 nitrogen and oxygen atoms in total. The van der Waals surface area contributed by atoms with E-state index in [1.54, 1.807) is 0 Å². The standard InChI is InChI=1S/C39H38N6/c1-3-11-33-29(9-1)30-10-2-4-12-34(30)39(33)35-25-27(44-23-7-21-42-19-5-17-40-37(42)44)13-15-31(35)32-16-14-28(26-36(32)39)45-24-8-22-43-20-6-18-41-38(43)45/h1-4,9-16,25-26H,5-8,17-24H2. The van der Waals surface area contributed by atoms with Gasteiger partial charge in [-0.1, -0.05) is 60.7 Å². The number of anilines is 2. The summed E-state index contributed by atoms with van der Waals surface area (Å²) in [7, 11) is 0. The third-order valence-electron chi connectivity index (χ3n) is 11.0. The third kappa shape index (κ3) is 3.51. The summed E-state index contributed by atoms with van der Waals surface area (Å²) in [6, 6.07) is 32.8. The Morgan fingerprint density at radius 1 is 0.444 bits per heavy atom. The number of nitrogens with zero attached hydrogens (tertiary/aromatic N) is 6. The lowest BCUT2D eigenvalue weighted by atomic mass is 9.70. The van der Waals surface area contributed by atoms with Gasteiger partial charge in [-0.2, -0.15) is 0 Å². The molecule has 0 amide bonds. The van der Waals surface area contributed by atoms with Gasteiger partial charge in [0.1, 0.15) is 0 Å². The first kappa shape index (κ1) is 25.7. The Morgan fingerprint density at radius 2 is 0.889 bits per heavy atom. The highest BCUT2D eigenvalue weighted by Gasteiger charge is 2.52. The molecule has 2 fully saturated rings. The van der Waals surface area contributed by atoms with Crippen LogP contribution in [0.3, 0.4) is 0 Å². The van der Waals surface area contributed by atoms with Crippen molar-refractivity contribution in [3.05, 3.63) is 107 Å². The quantitative estimate of drug-likeness (QED) is 0.229. The molecular formula is C39H38N6. The smallest absolute Gasteiger partial charge is 0.201 e. The molecule has 0 radical (unpaired) electrons. The van der Waals surface area contributed by atoms with Crippen LogP contribution in [0, 0.1) is 0 Å². The van der Waals surface area contributed by atoms with E-state index in [0.717, 1.165) is 90.0 Å². The van der Waals surface area contributed by atoms with Crippen molar-refractivity contribution in [3.8, 4) is 22.3 Å². The van der Waals surface area contributed by atoms with Crippen LogP contribution in [0.25, 0.3) is 22.3 Å². The first-order valence-electron chi connectivity index (χ1n) is 16.9. The average Bonchev–Trinajstić information content (AvgIpc) is 3.58. The van der Waals surface area contributed by atoms with E-state index in [4.69, 9.17) is 9.98 Å². The summed E-state index contributed by atoms with van der Waals surface area (Å²) >= 11 is 0. The molecule has 4 heterocycles. The molecule has 1 spiro atoms. The Bertz CT molecular complexity index is 1780. The lowest BCUT2D eigenvalue weighted by Crippen LogP contribution is -2.52. The minimum Gasteiger partial charge on any atom is -0.342 e. The Morgan fingerprint density at radius 3 is 1.40 bits per heavy atom. The maximum absolute atomic E-state index is 5.05. The fourth-order valence-electron chi connectivity index (χ4n) is 9.20. The van der Waals surface area contributed by atoms with Crippen LogP contribution in [0.4, 0.5) is 11.4 Å². The maximum atomic E-state index is 5.05. The minimum absolute atomic E-state index is 0.377. The third-order valence-corrected chi connectivity index (χ3v) is 11.0. The van der Waals surface area contributed by atoms with E-state index in [2.05, 4.69) is 105 Å². The number of fused-ring (bicyclic) bond motifs is 12. The molecule has 4 aliphatic heterocycles. The van der Waals surface area contributed by atoms with E-state index < -0.39 is 0 Å². The zero-order valence-electron chi connectivity index (χ0n) is 25.8. The SMILES string of the molecule is c1ccc2c(c1)-c1ccccc1C21c2cc(N3CCCN4CCCN=C43)ccc2-c2ccc(N3CCCN4CCCN=C43)cc21. The van der Waals surface area contributed by atoms with Crippen molar-refractivity contribution < 1.29 is 0 Å². The second-order valence-corrected chi connectivity index (χ2v) is 13.4. The second-order valence-electron chi connectivity index (χ2n) is 13.4. The summed E-state index contributed by atoms with van der Waals surface area (Å²) in [5, 5.41) is 0. The fourth-order valence-corrected chi connectivity index (χ4v) is 9.20. The number of benzene rings is 4.